The lowest BCUT2D eigenvalue weighted by atomic mass is 10.0. The van der Waals surface area contributed by atoms with E-state index in [0.29, 0.717) is 43.1 Å². The fourth-order valence-electron chi connectivity index (χ4n) is 2.51. The molecule has 2 N–H and O–H groups in total. The first kappa shape index (κ1) is 20.5. The number of nitrogens with two attached hydrogens (primary N) is 1. The van der Waals surface area contributed by atoms with Gasteiger partial charge in [-0.3, -0.25) is 9.78 Å². The highest BCUT2D eigenvalue weighted by Crippen LogP contribution is 2.13. The van der Waals surface area contributed by atoms with Crippen LogP contribution >= 0.6 is 12.4 Å². The normalized spacial score (nSPS) is 10.1. The Kier molecular flexibility index (Phi) is 7.85. The summed E-state index contributed by atoms with van der Waals surface area (Å²) < 4.78 is 5.67. The minimum Gasteiger partial charge on any atom is -0.473 e. The molecule has 0 bridgehead atoms. The predicted octanol–water partition coefficient (Wildman–Crippen LogP) is 3.15. The van der Waals surface area contributed by atoms with Crippen molar-refractivity contribution in [1.29, 1.82) is 0 Å². The van der Waals surface area contributed by atoms with Crippen LogP contribution < -0.4 is 10.5 Å². The lowest BCUT2D eigenvalue weighted by molar-refractivity contribution is 0.0982. The molecule has 0 aliphatic carbocycles. The molecule has 6 nitrogen and oxygen atoms in total. The topological polar surface area (TPSA) is 91.0 Å². The van der Waals surface area contributed by atoms with Crippen LogP contribution in [0.4, 0.5) is 0 Å². The molecule has 0 spiro atoms. The molecule has 7 heteroatoms. The van der Waals surface area contributed by atoms with E-state index in [1.807, 2.05) is 36.4 Å². The quantitative estimate of drug-likeness (QED) is 0.600. The maximum Gasteiger partial charge on any atom is 0.216 e. The van der Waals surface area contributed by atoms with Crippen LogP contribution in [0, 0.1) is 0 Å². The average molecular weight is 385 g/mol. The Morgan fingerprint density at radius 2 is 1.93 bits per heavy atom. The highest BCUT2D eigenvalue weighted by Gasteiger charge is 2.08. The molecule has 0 aliphatic rings. The van der Waals surface area contributed by atoms with Gasteiger partial charge >= 0.3 is 0 Å². The van der Waals surface area contributed by atoms with Crippen LogP contribution in [0.1, 0.15) is 33.6 Å². The first-order valence-corrected chi connectivity index (χ1v) is 8.39. The molecular weight excluding hydrogens is 364 g/mol. The second-order valence-electron chi connectivity index (χ2n) is 5.83. The van der Waals surface area contributed by atoms with Crippen molar-refractivity contribution in [1.82, 2.24) is 15.0 Å². The number of halogens is 1. The van der Waals surface area contributed by atoms with Crippen LogP contribution in [0.15, 0.2) is 61.2 Å². The number of rotatable bonds is 8. The monoisotopic (exact) mass is 384 g/mol. The number of hydrogen-bond acceptors (Lipinski definition) is 6. The number of nitrogens with zero attached hydrogens (tertiary/aromatic N) is 3. The Balaban J connectivity index is 0.00000261. The number of aromatic nitrogens is 3. The third kappa shape index (κ3) is 6.13. The molecule has 140 valence electrons. The first-order valence-electron chi connectivity index (χ1n) is 8.39. The number of pyridine rings is 1. The Morgan fingerprint density at radius 3 is 2.70 bits per heavy atom. The Morgan fingerprint density at radius 1 is 1.07 bits per heavy atom. The minimum absolute atomic E-state index is 0. The highest BCUT2D eigenvalue weighted by atomic mass is 35.5. The van der Waals surface area contributed by atoms with Gasteiger partial charge in [0.05, 0.1) is 5.69 Å². The number of hydrogen-bond donors (Lipinski definition) is 1. The number of carbonyl (C=O) groups is 1. The van der Waals surface area contributed by atoms with E-state index in [1.54, 1.807) is 18.5 Å². The van der Waals surface area contributed by atoms with Crippen molar-refractivity contribution in [2.45, 2.75) is 26.0 Å². The fraction of sp³-hybridized carbons (Fsp3) is 0.200. The summed E-state index contributed by atoms with van der Waals surface area (Å²) in [6, 6.07) is 13.0. The van der Waals surface area contributed by atoms with Crippen molar-refractivity contribution in [2.75, 3.05) is 0 Å². The lowest BCUT2D eigenvalue weighted by Crippen LogP contribution is -2.05. The zero-order valence-corrected chi connectivity index (χ0v) is 15.6. The molecule has 0 unspecified atom stereocenters. The van der Waals surface area contributed by atoms with Gasteiger partial charge in [-0.05, 0) is 29.7 Å². The largest absolute Gasteiger partial charge is 0.473 e. The minimum atomic E-state index is 0. The molecule has 0 radical (unpaired) electrons. The second kappa shape index (κ2) is 10.4. The van der Waals surface area contributed by atoms with Crippen LogP contribution in [0.3, 0.4) is 0 Å². The van der Waals surface area contributed by atoms with Gasteiger partial charge in [0.1, 0.15) is 12.9 Å². The lowest BCUT2D eigenvalue weighted by Gasteiger charge is -2.08. The number of carbonyl (C=O) groups excluding carboxylic acids is 1. The zero-order chi connectivity index (χ0) is 18.2. The van der Waals surface area contributed by atoms with E-state index in [9.17, 15) is 4.79 Å². The molecule has 0 atom stereocenters. The van der Waals surface area contributed by atoms with Gasteiger partial charge in [0.25, 0.3) is 0 Å². The summed E-state index contributed by atoms with van der Waals surface area (Å²) >= 11 is 0. The summed E-state index contributed by atoms with van der Waals surface area (Å²) in [5.41, 5.74) is 8.92. The standard InChI is InChI=1S/C20H20N4O2.ClH/c21-11-18-10-20(24-14-23-18)26-13-16-3-1-5-17(9-16)19(25)7-6-15-4-2-8-22-12-15;/h1-5,8-10,12,14H,6-7,11,13,21H2;1H. The van der Waals surface area contributed by atoms with E-state index >= 15 is 0 Å². The van der Waals surface area contributed by atoms with Crippen molar-refractivity contribution in [2.24, 2.45) is 5.73 Å². The summed E-state index contributed by atoms with van der Waals surface area (Å²) in [6.07, 6.45) is 6.06. The van der Waals surface area contributed by atoms with Crippen LogP contribution in [0.25, 0.3) is 0 Å². The van der Waals surface area contributed by atoms with Crippen molar-refractivity contribution >= 4 is 18.2 Å². The number of aryl methyl sites for hydroxylation is 1. The highest BCUT2D eigenvalue weighted by molar-refractivity contribution is 5.96. The van der Waals surface area contributed by atoms with Crippen LogP contribution in [-0.4, -0.2) is 20.7 Å². The third-order valence-corrected chi connectivity index (χ3v) is 3.91. The van der Waals surface area contributed by atoms with Gasteiger partial charge in [0, 0.05) is 37.0 Å². The number of ether oxygens (including phenoxy) is 1. The zero-order valence-electron chi connectivity index (χ0n) is 14.7. The maximum absolute atomic E-state index is 12.4. The Bertz CT molecular complexity index is 875. The van der Waals surface area contributed by atoms with Gasteiger partial charge in [0.2, 0.25) is 5.88 Å². The number of ketones is 1. The average Bonchev–Trinajstić information content (AvgIpc) is 2.71. The van der Waals surface area contributed by atoms with Crippen LogP contribution in [-0.2, 0) is 19.6 Å². The number of benzene rings is 1. The molecule has 3 aromatic rings. The molecule has 0 fully saturated rings. The number of Topliss-reactive ketones (excluding diaryl/α,β-unsaturated/α-hetero) is 1. The van der Waals surface area contributed by atoms with Crippen LogP contribution in [0.2, 0.25) is 0 Å². The third-order valence-electron chi connectivity index (χ3n) is 3.91. The fourth-order valence-corrected chi connectivity index (χ4v) is 2.51. The molecule has 0 saturated heterocycles. The molecular formula is C20H21ClN4O2. The summed E-state index contributed by atoms with van der Waals surface area (Å²) in [5.74, 6) is 0.567. The first-order chi connectivity index (χ1) is 12.7. The van der Waals surface area contributed by atoms with E-state index in [2.05, 4.69) is 15.0 Å². The Labute approximate surface area is 164 Å². The van der Waals surface area contributed by atoms with Gasteiger partial charge in [-0.2, -0.15) is 0 Å². The van der Waals surface area contributed by atoms with Gasteiger partial charge in [-0.1, -0.05) is 24.3 Å². The van der Waals surface area contributed by atoms with Crippen molar-refractivity contribution in [3.05, 3.63) is 83.6 Å². The summed E-state index contributed by atoms with van der Waals surface area (Å²) in [5, 5.41) is 0. The van der Waals surface area contributed by atoms with Gasteiger partial charge < -0.3 is 10.5 Å². The van der Waals surface area contributed by atoms with Gasteiger partial charge in [-0.15, -0.1) is 12.4 Å². The van der Waals surface area contributed by atoms with E-state index in [0.717, 1.165) is 11.1 Å². The van der Waals surface area contributed by atoms with E-state index in [4.69, 9.17) is 10.5 Å². The van der Waals surface area contributed by atoms with E-state index < -0.39 is 0 Å². The molecule has 0 aliphatic heterocycles. The Hall–Kier alpha value is -2.83. The summed E-state index contributed by atoms with van der Waals surface area (Å²) in [4.78, 5) is 24.6. The SMILES string of the molecule is Cl.NCc1cc(OCc2cccc(C(=O)CCc3cccnc3)c2)ncn1. The van der Waals surface area contributed by atoms with E-state index in [-0.39, 0.29) is 18.2 Å². The molecule has 3 rings (SSSR count). The van der Waals surface area contributed by atoms with Crippen molar-refractivity contribution < 1.29 is 9.53 Å². The molecule has 0 amide bonds. The molecule has 0 saturated carbocycles. The second-order valence-corrected chi connectivity index (χ2v) is 5.83. The summed E-state index contributed by atoms with van der Waals surface area (Å²) in [7, 11) is 0. The van der Waals surface area contributed by atoms with Gasteiger partial charge in [-0.25, -0.2) is 9.97 Å². The van der Waals surface area contributed by atoms with Crippen LogP contribution in [0.5, 0.6) is 5.88 Å². The molecule has 27 heavy (non-hydrogen) atoms. The maximum atomic E-state index is 12.4. The molecule has 2 aromatic heterocycles. The smallest absolute Gasteiger partial charge is 0.216 e. The molecule has 1 aromatic carbocycles. The van der Waals surface area contributed by atoms with Crippen molar-refractivity contribution in [3.8, 4) is 5.88 Å². The molecule has 2 heterocycles. The van der Waals surface area contributed by atoms with Crippen molar-refractivity contribution in [3.63, 3.8) is 0 Å². The summed E-state index contributed by atoms with van der Waals surface area (Å²) in [6.45, 7) is 0.657. The van der Waals surface area contributed by atoms with E-state index in [1.165, 1.54) is 6.33 Å². The predicted molar refractivity (Wildman–Crippen MR) is 105 cm³/mol. The van der Waals surface area contributed by atoms with Gasteiger partial charge in [0.15, 0.2) is 5.78 Å².